The first-order valence-electron chi connectivity index (χ1n) is 9.48. The molecule has 0 saturated heterocycles. The van der Waals surface area contributed by atoms with Crippen molar-refractivity contribution < 1.29 is 9.53 Å². The third-order valence-corrected chi connectivity index (χ3v) is 4.66. The summed E-state index contributed by atoms with van der Waals surface area (Å²) >= 11 is 0. The number of nitrogens with two attached hydrogens (primary N) is 1. The number of likely N-dealkylation sites (N-methyl/N-ethyl adjacent to an activating group) is 1. The second-order valence-corrected chi connectivity index (χ2v) is 6.77. The molecule has 7 heteroatoms. The Bertz CT molecular complexity index is 828. The smallest absolute Gasteiger partial charge is 0.248 e. The molecule has 2 aromatic rings. The number of nitrogens with zero attached hydrogens (tertiary/aromatic N) is 3. The molecule has 1 saturated carbocycles. The first-order valence-corrected chi connectivity index (χ1v) is 9.48. The highest BCUT2D eigenvalue weighted by Gasteiger charge is 2.22. The number of carbonyl (C=O) groups excluding carboxylic acids is 1. The molecule has 0 atom stereocenters. The summed E-state index contributed by atoms with van der Waals surface area (Å²) in [7, 11) is 0. The molecule has 1 heterocycles. The van der Waals surface area contributed by atoms with Crippen molar-refractivity contribution in [2.24, 2.45) is 5.92 Å². The van der Waals surface area contributed by atoms with E-state index in [1.165, 1.54) is 12.8 Å². The van der Waals surface area contributed by atoms with Gasteiger partial charge < -0.3 is 20.7 Å². The van der Waals surface area contributed by atoms with Crippen molar-refractivity contribution in [3.63, 3.8) is 0 Å². The van der Waals surface area contributed by atoms with E-state index in [0.29, 0.717) is 29.5 Å². The van der Waals surface area contributed by atoms with E-state index < -0.39 is 0 Å². The molecule has 1 aromatic carbocycles. The van der Waals surface area contributed by atoms with Crippen LogP contribution in [0.1, 0.15) is 26.7 Å². The third-order valence-electron chi connectivity index (χ3n) is 4.66. The van der Waals surface area contributed by atoms with Crippen LogP contribution in [0.4, 0.5) is 11.6 Å². The molecular formula is C20H27N5O2. The largest absolute Gasteiger partial charge is 0.491 e. The molecule has 1 aliphatic rings. The zero-order valence-corrected chi connectivity index (χ0v) is 15.9. The average Bonchev–Trinajstić information content (AvgIpc) is 3.48. The van der Waals surface area contributed by atoms with Crippen LogP contribution in [0.15, 0.2) is 30.5 Å². The molecular weight excluding hydrogens is 342 g/mol. The van der Waals surface area contributed by atoms with E-state index in [1.54, 1.807) is 12.3 Å². The van der Waals surface area contributed by atoms with E-state index >= 15 is 0 Å². The first kappa shape index (κ1) is 19.1. The summed E-state index contributed by atoms with van der Waals surface area (Å²) in [6, 6.07) is 3.64. The molecule has 1 aromatic heterocycles. The van der Waals surface area contributed by atoms with E-state index in [9.17, 15) is 4.79 Å². The Morgan fingerprint density at radius 3 is 2.85 bits per heavy atom. The van der Waals surface area contributed by atoms with Crippen LogP contribution >= 0.6 is 0 Å². The molecule has 1 aliphatic carbocycles. The van der Waals surface area contributed by atoms with Crippen LogP contribution in [0.3, 0.4) is 0 Å². The normalized spacial score (nSPS) is 14.2. The van der Waals surface area contributed by atoms with Crippen molar-refractivity contribution in [2.75, 3.05) is 37.3 Å². The van der Waals surface area contributed by atoms with Gasteiger partial charge in [-0.1, -0.05) is 19.9 Å². The van der Waals surface area contributed by atoms with Gasteiger partial charge in [-0.15, -0.1) is 0 Å². The van der Waals surface area contributed by atoms with Crippen molar-refractivity contribution >= 4 is 28.4 Å². The molecule has 7 nitrogen and oxygen atoms in total. The van der Waals surface area contributed by atoms with Crippen molar-refractivity contribution in [2.45, 2.75) is 26.7 Å². The summed E-state index contributed by atoms with van der Waals surface area (Å²) in [5, 5.41) is 3.71. The van der Waals surface area contributed by atoms with Crippen LogP contribution in [0.5, 0.6) is 5.75 Å². The highest BCUT2D eigenvalue weighted by atomic mass is 16.5. The minimum absolute atomic E-state index is 0.186. The molecule has 3 N–H and O–H groups in total. The number of hydrogen-bond acceptors (Lipinski definition) is 6. The highest BCUT2D eigenvalue weighted by molar-refractivity contribution is 6.02. The molecule has 0 radical (unpaired) electrons. The van der Waals surface area contributed by atoms with Crippen molar-refractivity contribution in [3.8, 4) is 5.75 Å². The number of benzene rings is 1. The molecule has 0 aliphatic heterocycles. The lowest BCUT2D eigenvalue weighted by Crippen LogP contribution is -2.23. The number of anilines is 2. The van der Waals surface area contributed by atoms with Gasteiger partial charge in [0.25, 0.3) is 0 Å². The second-order valence-electron chi connectivity index (χ2n) is 6.77. The Morgan fingerprint density at radius 1 is 1.37 bits per heavy atom. The first-order chi connectivity index (χ1) is 13.1. The van der Waals surface area contributed by atoms with Gasteiger partial charge in [-0.3, -0.25) is 4.79 Å². The maximum Gasteiger partial charge on any atom is 0.248 e. The number of ether oxygens (including phenoxy) is 1. The molecule has 3 rings (SSSR count). The van der Waals surface area contributed by atoms with Gasteiger partial charge in [-0.25, -0.2) is 9.97 Å². The van der Waals surface area contributed by atoms with Gasteiger partial charge in [-0.2, -0.15) is 0 Å². The van der Waals surface area contributed by atoms with Gasteiger partial charge in [0.15, 0.2) is 0 Å². The van der Waals surface area contributed by atoms with Gasteiger partial charge in [0.2, 0.25) is 11.9 Å². The van der Waals surface area contributed by atoms with Crippen LogP contribution in [0.2, 0.25) is 0 Å². The van der Waals surface area contributed by atoms with Gasteiger partial charge in [-0.05, 0) is 37.9 Å². The van der Waals surface area contributed by atoms with E-state index in [4.69, 9.17) is 10.5 Å². The Kier molecular flexibility index (Phi) is 6.24. The van der Waals surface area contributed by atoms with Crippen molar-refractivity contribution in [3.05, 3.63) is 30.5 Å². The summed E-state index contributed by atoms with van der Waals surface area (Å²) in [5.74, 6) is 1.24. The lowest BCUT2D eigenvalue weighted by Gasteiger charge is -2.15. The number of hydrogen-bond donors (Lipinski definition) is 2. The Hall–Kier alpha value is -2.67. The van der Waals surface area contributed by atoms with Crippen LogP contribution in [0.25, 0.3) is 10.9 Å². The summed E-state index contributed by atoms with van der Waals surface area (Å²) in [6.07, 6.45) is 7.47. The average molecular weight is 369 g/mol. The number of aromatic nitrogens is 2. The van der Waals surface area contributed by atoms with Gasteiger partial charge in [0.05, 0.1) is 17.8 Å². The standard InChI is InChI=1S/C20H27N5O2/c1-3-25(4-2)9-5-6-19(26)23-17-10-15-12-22-20(21)24-16(15)11-18(17)27-13-14-7-8-14/h5-6,10-12,14H,3-4,7-9,13H2,1-2H3,(H,23,26)(H2,21,22,24). The minimum Gasteiger partial charge on any atom is -0.491 e. The topological polar surface area (TPSA) is 93.4 Å². The third kappa shape index (κ3) is 5.40. The van der Waals surface area contributed by atoms with Crippen molar-refractivity contribution in [1.29, 1.82) is 0 Å². The predicted molar refractivity (Wildman–Crippen MR) is 108 cm³/mol. The molecule has 144 valence electrons. The van der Waals surface area contributed by atoms with Gasteiger partial charge in [0.1, 0.15) is 5.75 Å². The maximum atomic E-state index is 12.3. The maximum absolute atomic E-state index is 12.3. The monoisotopic (exact) mass is 369 g/mol. The van der Waals surface area contributed by atoms with Crippen molar-refractivity contribution in [1.82, 2.24) is 14.9 Å². The predicted octanol–water partition coefficient (Wildman–Crippen LogP) is 2.84. The summed E-state index contributed by atoms with van der Waals surface area (Å²) < 4.78 is 5.94. The lowest BCUT2D eigenvalue weighted by atomic mass is 10.2. The number of amides is 1. The molecule has 0 spiro atoms. The second kappa shape index (κ2) is 8.81. The zero-order valence-electron chi connectivity index (χ0n) is 15.9. The Balaban J connectivity index is 1.76. The van der Waals surface area contributed by atoms with Crippen LogP contribution in [-0.2, 0) is 4.79 Å². The summed E-state index contributed by atoms with van der Waals surface area (Å²) in [6.45, 7) is 7.50. The molecule has 1 fully saturated rings. The Labute approximate surface area is 159 Å². The molecule has 0 unspecified atom stereocenters. The minimum atomic E-state index is -0.186. The lowest BCUT2D eigenvalue weighted by molar-refractivity contribution is -0.111. The fourth-order valence-electron chi connectivity index (χ4n) is 2.75. The fraction of sp³-hybridized carbons (Fsp3) is 0.450. The molecule has 0 bridgehead atoms. The number of carbonyl (C=O) groups is 1. The number of nitrogen functional groups attached to an aromatic ring is 1. The van der Waals surface area contributed by atoms with Gasteiger partial charge >= 0.3 is 0 Å². The van der Waals surface area contributed by atoms with E-state index in [1.807, 2.05) is 18.2 Å². The van der Waals surface area contributed by atoms with Crippen LogP contribution in [-0.4, -0.2) is 47.0 Å². The fourth-order valence-corrected chi connectivity index (χ4v) is 2.75. The SMILES string of the molecule is CCN(CC)CC=CC(=O)Nc1cc2cnc(N)nc2cc1OCC1CC1. The van der Waals surface area contributed by atoms with E-state index in [-0.39, 0.29) is 11.9 Å². The molecule has 1 amide bonds. The van der Waals surface area contributed by atoms with E-state index in [0.717, 1.165) is 25.0 Å². The number of nitrogens with one attached hydrogen (secondary N) is 1. The molecule has 27 heavy (non-hydrogen) atoms. The highest BCUT2D eigenvalue weighted by Crippen LogP contribution is 2.34. The van der Waals surface area contributed by atoms with E-state index in [2.05, 4.69) is 34.0 Å². The van der Waals surface area contributed by atoms with Gasteiger partial charge in [0, 0.05) is 30.3 Å². The zero-order chi connectivity index (χ0) is 19.2. The summed E-state index contributed by atoms with van der Waals surface area (Å²) in [5.41, 5.74) is 7.00. The quantitative estimate of drug-likeness (QED) is 0.660. The Morgan fingerprint density at radius 2 is 2.15 bits per heavy atom. The number of rotatable bonds is 9. The summed E-state index contributed by atoms with van der Waals surface area (Å²) in [4.78, 5) is 22.8. The van der Waals surface area contributed by atoms with Crippen LogP contribution < -0.4 is 15.8 Å². The number of fused-ring (bicyclic) bond motifs is 1. The van der Waals surface area contributed by atoms with Crippen LogP contribution in [0, 0.1) is 5.92 Å².